The third-order valence-corrected chi connectivity index (χ3v) is 5.61. The summed E-state index contributed by atoms with van der Waals surface area (Å²) in [5.41, 5.74) is 6.94. The van der Waals surface area contributed by atoms with E-state index < -0.39 is 10.0 Å². The van der Waals surface area contributed by atoms with Gasteiger partial charge in [-0.25, -0.2) is 8.42 Å². The van der Waals surface area contributed by atoms with Crippen LogP contribution in [0.5, 0.6) is 0 Å². The van der Waals surface area contributed by atoms with Crippen molar-refractivity contribution in [3.63, 3.8) is 0 Å². The first kappa shape index (κ1) is 13.4. The molecule has 4 nitrogen and oxygen atoms in total. The van der Waals surface area contributed by atoms with Crippen LogP contribution in [-0.4, -0.2) is 25.8 Å². The topological polar surface area (TPSA) is 63.4 Å². The first-order chi connectivity index (χ1) is 8.41. The van der Waals surface area contributed by atoms with E-state index in [9.17, 15) is 8.42 Å². The van der Waals surface area contributed by atoms with E-state index >= 15 is 0 Å². The van der Waals surface area contributed by atoms with Crippen LogP contribution in [0.4, 0.5) is 5.69 Å². The molecule has 5 heteroatoms. The molecular weight excluding hydrogens is 248 g/mol. The van der Waals surface area contributed by atoms with Crippen molar-refractivity contribution >= 4 is 15.7 Å². The molecule has 2 N–H and O–H groups in total. The van der Waals surface area contributed by atoms with Crippen molar-refractivity contribution in [3.8, 4) is 0 Å². The van der Waals surface area contributed by atoms with E-state index in [4.69, 9.17) is 5.73 Å². The Morgan fingerprint density at radius 1 is 1.28 bits per heavy atom. The van der Waals surface area contributed by atoms with Crippen molar-refractivity contribution in [2.75, 3.05) is 18.8 Å². The zero-order valence-electron chi connectivity index (χ0n) is 10.9. The van der Waals surface area contributed by atoms with Gasteiger partial charge in [-0.15, -0.1) is 0 Å². The maximum atomic E-state index is 12.5. The average molecular weight is 268 g/mol. The zero-order valence-corrected chi connectivity index (χ0v) is 11.7. The van der Waals surface area contributed by atoms with E-state index in [0.29, 0.717) is 29.6 Å². The number of piperidine rings is 1. The fourth-order valence-corrected chi connectivity index (χ4v) is 3.99. The fraction of sp³-hybridized carbons (Fsp3) is 0.538. The van der Waals surface area contributed by atoms with E-state index in [1.807, 2.05) is 0 Å². The van der Waals surface area contributed by atoms with Gasteiger partial charge < -0.3 is 5.73 Å². The molecule has 18 heavy (non-hydrogen) atoms. The Balaban J connectivity index is 2.33. The second-order valence-corrected chi connectivity index (χ2v) is 7.02. The Labute approximate surface area is 109 Å². The van der Waals surface area contributed by atoms with Crippen molar-refractivity contribution in [1.82, 2.24) is 4.31 Å². The molecule has 0 aliphatic carbocycles. The summed E-state index contributed by atoms with van der Waals surface area (Å²) in [5, 5.41) is 0. The van der Waals surface area contributed by atoms with Gasteiger partial charge in [0.05, 0.1) is 4.90 Å². The summed E-state index contributed by atoms with van der Waals surface area (Å²) < 4.78 is 26.7. The third kappa shape index (κ3) is 2.52. The normalized spacial score (nSPS) is 19.0. The highest BCUT2D eigenvalue weighted by Gasteiger charge is 2.29. The van der Waals surface area contributed by atoms with Gasteiger partial charge in [0.25, 0.3) is 0 Å². The molecule has 1 aromatic rings. The number of sulfonamides is 1. The summed E-state index contributed by atoms with van der Waals surface area (Å²) in [4.78, 5) is 0.344. The van der Waals surface area contributed by atoms with Gasteiger partial charge in [-0.2, -0.15) is 4.31 Å². The lowest BCUT2D eigenvalue weighted by molar-refractivity contribution is 0.288. The predicted molar refractivity (Wildman–Crippen MR) is 72.7 cm³/mol. The van der Waals surface area contributed by atoms with E-state index in [-0.39, 0.29) is 0 Å². The highest BCUT2D eigenvalue weighted by Crippen LogP contribution is 2.26. The first-order valence-corrected chi connectivity index (χ1v) is 7.71. The molecule has 0 saturated carbocycles. The summed E-state index contributed by atoms with van der Waals surface area (Å²) >= 11 is 0. The van der Waals surface area contributed by atoms with Crippen LogP contribution in [0.15, 0.2) is 23.1 Å². The largest absolute Gasteiger partial charge is 0.399 e. The fourth-order valence-electron chi connectivity index (χ4n) is 2.26. The number of aryl methyl sites for hydroxylation is 1. The van der Waals surface area contributed by atoms with Crippen molar-refractivity contribution in [1.29, 1.82) is 0 Å². The summed E-state index contributed by atoms with van der Waals surface area (Å²) in [6.45, 7) is 5.18. The van der Waals surface area contributed by atoms with Gasteiger partial charge >= 0.3 is 0 Å². The molecule has 1 saturated heterocycles. The number of nitrogens with two attached hydrogens (primary N) is 1. The molecule has 0 atom stereocenters. The van der Waals surface area contributed by atoms with Crippen LogP contribution in [0.2, 0.25) is 0 Å². The lowest BCUT2D eigenvalue weighted by atomic mass is 10.0. The Morgan fingerprint density at radius 3 is 2.50 bits per heavy atom. The molecule has 0 radical (unpaired) electrons. The number of hydrogen-bond donors (Lipinski definition) is 1. The number of benzene rings is 1. The third-order valence-electron chi connectivity index (χ3n) is 3.57. The van der Waals surface area contributed by atoms with Crippen LogP contribution >= 0.6 is 0 Å². The molecule has 100 valence electrons. The van der Waals surface area contributed by atoms with Crippen LogP contribution in [0.3, 0.4) is 0 Å². The molecule has 0 aromatic heterocycles. The molecule has 0 unspecified atom stereocenters. The molecule has 0 bridgehead atoms. The average Bonchev–Trinajstić information content (AvgIpc) is 2.32. The van der Waals surface area contributed by atoms with Crippen LogP contribution in [0.25, 0.3) is 0 Å². The van der Waals surface area contributed by atoms with Gasteiger partial charge in [-0.05, 0) is 43.4 Å². The number of rotatable bonds is 2. The lowest BCUT2D eigenvalue weighted by Crippen LogP contribution is -2.38. The van der Waals surface area contributed by atoms with Crippen molar-refractivity contribution in [2.24, 2.45) is 5.92 Å². The van der Waals surface area contributed by atoms with Crippen LogP contribution in [0.1, 0.15) is 25.3 Å². The van der Waals surface area contributed by atoms with Gasteiger partial charge in [-0.3, -0.25) is 0 Å². The number of hydrogen-bond acceptors (Lipinski definition) is 3. The highest BCUT2D eigenvalue weighted by molar-refractivity contribution is 7.89. The van der Waals surface area contributed by atoms with Crippen LogP contribution < -0.4 is 5.73 Å². The molecule has 2 rings (SSSR count). The van der Waals surface area contributed by atoms with Crippen molar-refractivity contribution in [3.05, 3.63) is 23.8 Å². The number of nitrogens with zero attached hydrogens (tertiary/aromatic N) is 1. The molecule has 1 fully saturated rings. The molecule has 1 aliphatic rings. The van der Waals surface area contributed by atoms with Gasteiger partial charge in [-0.1, -0.05) is 13.0 Å². The van der Waals surface area contributed by atoms with Gasteiger partial charge in [0.1, 0.15) is 0 Å². The standard InChI is InChI=1S/C13H20N2O2S/c1-10-5-7-15(8-6-10)18(16,17)13-9-12(14)4-3-11(13)2/h3-4,9-10H,5-8,14H2,1-2H3. The minimum atomic E-state index is -3.39. The van der Waals surface area contributed by atoms with E-state index in [0.717, 1.165) is 18.4 Å². The number of nitrogen functional groups attached to an aromatic ring is 1. The predicted octanol–water partition coefficient (Wildman–Crippen LogP) is 2.00. The second kappa shape index (κ2) is 4.90. The molecule has 0 amide bonds. The molecule has 1 aliphatic heterocycles. The SMILES string of the molecule is Cc1ccc(N)cc1S(=O)(=O)N1CCC(C)CC1. The zero-order chi connectivity index (χ0) is 13.3. The summed E-state index contributed by atoms with van der Waals surface area (Å²) in [5.74, 6) is 0.610. The van der Waals surface area contributed by atoms with Crippen molar-refractivity contribution in [2.45, 2.75) is 31.6 Å². The lowest BCUT2D eigenvalue weighted by Gasteiger charge is -2.29. The number of anilines is 1. The van der Waals surface area contributed by atoms with E-state index in [1.165, 1.54) is 0 Å². The molecule has 1 aromatic carbocycles. The summed E-state index contributed by atoms with van der Waals surface area (Å²) in [7, 11) is -3.39. The van der Waals surface area contributed by atoms with Crippen LogP contribution in [-0.2, 0) is 10.0 Å². The van der Waals surface area contributed by atoms with Gasteiger partial charge in [0.2, 0.25) is 10.0 Å². The highest BCUT2D eigenvalue weighted by atomic mass is 32.2. The smallest absolute Gasteiger partial charge is 0.243 e. The Hall–Kier alpha value is -1.07. The second-order valence-electron chi connectivity index (χ2n) is 5.11. The summed E-state index contributed by atoms with van der Waals surface area (Å²) in [6, 6.07) is 5.05. The Bertz CT molecular complexity index is 532. The molecule has 0 spiro atoms. The Morgan fingerprint density at radius 2 is 1.89 bits per heavy atom. The summed E-state index contributed by atoms with van der Waals surface area (Å²) in [6.07, 6.45) is 1.86. The molecular formula is C13H20N2O2S. The quantitative estimate of drug-likeness (QED) is 0.834. The molecule has 1 heterocycles. The minimum absolute atomic E-state index is 0.344. The maximum absolute atomic E-state index is 12.5. The van der Waals surface area contributed by atoms with E-state index in [2.05, 4.69) is 6.92 Å². The maximum Gasteiger partial charge on any atom is 0.243 e. The van der Waals surface area contributed by atoms with Gasteiger partial charge in [0.15, 0.2) is 0 Å². The monoisotopic (exact) mass is 268 g/mol. The Kier molecular flexibility index (Phi) is 3.64. The van der Waals surface area contributed by atoms with E-state index in [1.54, 1.807) is 29.4 Å². The van der Waals surface area contributed by atoms with Crippen molar-refractivity contribution < 1.29 is 8.42 Å². The minimum Gasteiger partial charge on any atom is -0.399 e. The first-order valence-electron chi connectivity index (χ1n) is 6.27. The van der Waals surface area contributed by atoms with Crippen LogP contribution in [0, 0.1) is 12.8 Å². The van der Waals surface area contributed by atoms with Gasteiger partial charge in [0, 0.05) is 18.8 Å².